The average Bonchev–Trinajstić information content (AvgIpc) is 3.29. The highest BCUT2D eigenvalue weighted by Crippen LogP contribution is 2.21. The van der Waals surface area contributed by atoms with E-state index in [2.05, 4.69) is 15.6 Å². The molecule has 3 aromatic heterocycles. The summed E-state index contributed by atoms with van der Waals surface area (Å²) in [7, 11) is 0. The maximum Gasteiger partial charge on any atom is 0.437 e. The van der Waals surface area contributed by atoms with Gasteiger partial charge >= 0.3 is 5.76 Å². The molecule has 0 radical (unpaired) electrons. The molecule has 0 fully saturated rings. The van der Waals surface area contributed by atoms with E-state index < -0.39 is 5.76 Å². The topological polar surface area (TPSA) is 103 Å². The van der Waals surface area contributed by atoms with Crippen molar-refractivity contribution in [1.29, 1.82) is 0 Å². The molecular weight excluding hydrogens is 344 g/mol. The van der Waals surface area contributed by atoms with Crippen molar-refractivity contribution in [3.05, 3.63) is 45.1 Å². The highest BCUT2D eigenvalue weighted by atomic mass is 32.1. The van der Waals surface area contributed by atoms with Crippen LogP contribution in [0, 0.1) is 13.8 Å². The molecule has 0 aliphatic rings. The summed E-state index contributed by atoms with van der Waals surface area (Å²) in [5, 5.41) is 12.8. The molecule has 132 valence electrons. The van der Waals surface area contributed by atoms with Gasteiger partial charge < -0.3 is 14.3 Å². The minimum atomic E-state index is -0.548. The SMILES string of the molecule is CC[C@@H](Cn1nc(-c2cccs2)oc1=O)NC(=O)c1c(C)noc1C. The van der Waals surface area contributed by atoms with Gasteiger partial charge in [0.1, 0.15) is 11.3 Å². The zero-order valence-corrected chi connectivity index (χ0v) is 14.9. The van der Waals surface area contributed by atoms with Crippen LogP contribution >= 0.6 is 11.3 Å². The van der Waals surface area contributed by atoms with E-state index in [1.165, 1.54) is 16.0 Å². The number of hydrogen-bond acceptors (Lipinski definition) is 7. The molecule has 0 aliphatic carbocycles. The summed E-state index contributed by atoms with van der Waals surface area (Å²) < 4.78 is 11.4. The number of hydrogen-bond donors (Lipinski definition) is 1. The molecule has 1 N–H and O–H groups in total. The first-order chi connectivity index (χ1) is 12.0. The van der Waals surface area contributed by atoms with Crippen LogP contribution < -0.4 is 11.1 Å². The molecule has 3 aromatic rings. The molecule has 0 aromatic carbocycles. The molecule has 0 saturated carbocycles. The van der Waals surface area contributed by atoms with Crippen LogP contribution in [-0.2, 0) is 6.54 Å². The monoisotopic (exact) mass is 362 g/mol. The zero-order valence-electron chi connectivity index (χ0n) is 14.1. The molecular formula is C16H18N4O4S. The lowest BCUT2D eigenvalue weighted by molar-refractivity contribution is 0.0928. The van der Waals surface area contributed by atoms with Crippen molar-refractivity contribution in [2.24, 2.45) is 0 Å². The summed E-state index contributed by atoms with van der Waals surface area (Å²) >= 11 is 1.44. The smallest absolute Gasteiger partial charge is 0.387 e. The lowest BCUT2D eigenvalue weighted by Crippen LogP contribution is -2.39. The number of amides is 1. The Kier molecular flexibility index (Phi) is 4.84. The molecule has 1 atom stereocenters. The minimum Gasteiger partial charge on any atom is -0.387 e. The van der Waals surface area contributed by atoms with Crippen LogP contribution in [0.1, 0.15) is 35.2 Å². The maximum absolute atomic E-state index is 12.4. The predicted octanol–water partition coefficient (Wildman–Crippen LogP) is 2.38. The van der Waals surface area contributed by atoms with Crippen LogP contribution in [0.15, 0.2) is 31.2 Å². The number of aromatic nitrogens is 3. The van der Waals surface area contributed by atoms with Gasteiger partial charge in [-0.25, -0.2) is 4.79 Å². The number of rotatable bonds is 6. The Morgan fingerprint density at radius 3 is 2.84 bits per heavy atom. The van der Waals surface area contributed by atoms with Crippen LogP contribution in [0.25, 0.3) is 10.8 Å². The fourth-order valence-electron chi connectivity index (χ4n) is 2.47. The van der Waals surface area contributed by atoms with Crippen molar-refractivity contribution in [2.75, 3.05) is 0 Å². The Labute approximate surface area is 147 Å². The number of aryl methyl sites for hydroxylation is 2. The highest BCUT2D eigenvalue weighted by molar-refractivity contribution is 7.13. The van der Waals surface area contributed by atoms with Gasteiger partial charge in [0.05, 0.1) is 17.1 Å². The van der Waals surface area contributed by atoms with Gasteiger partial charge in [-0.2, -0.15) is 4.68 Å². The predicted molar refractivity (Wildman–Crippen MR) is 91.6 cm³/mol. The molecule has 25 heavy (non-hydrogen) atoms. The first-order valence-corrected chi connectivity index (χ1v) is 8.73. The standard InChI is InChI=1S/C16H18N4O4S/c1-4-11(17-14(21)13-9(2)19-24-10(13)3)8-20-16(22)23-15(18-20)12-6-5-7-25-12/h5-7,11H,4,8H2,1-3H3,(H,17,21)/t11-/m0/s1. The van der Waals surface area contributed by atoms with Crippen LogP contribution in [0.4, 0.5) is 0 Å². The van der Waals surface area contributed by atoms with E-state index in [0.717, 1.165) is 4.88 Å². The van der Waals surface area contributed by atoms with Crippen molar-refractivity contribution in [3.8, 4) is 10.8 Å². The fourth-order valence-corrected chi connectivity index (χ4v) is 3.12. The van der Waals surface area contributed by atoms with Crippen LogP contribution in [-0.4, -0.2) is 26.9 Å². The van der Waals surface area contributed by atoms with E-state index in [0.29, 0.717) is 23.4 Å². The van der Waals surface area contributed by atoms with Crippen LogP contribution in [0.2, 0.25) is 0 Å². The molecule has 0 aliphatic heterocycles. The Hall–Kier alpha value is -2.68. The average molecular weight is 362 g/mol. The summed E-state index contributed by atoms with van der Waals surface area (Å²) in [5.74, 6) is -0.0816. The van der Waals surface area contributed by atoms with Crippen molar-refractivity contribution in [1.82, 2.24) is 20.3 Å². The second kappa shape index (κ2) is 7.06. The molecule has 3 rings (SSSR count). The van der Waals surface area contributed by atoms with Crippen molar-refractivity contribution in [2.45, 2.75) is 39.8 Å². The quantitative estimate of drug-likeness (QED) is 0.722. The normalized spacial score (nSPS) is 12.3. The van der Waals surface area contributed by atoms with Gasteiger partial charge in [-0.05, 0) is 31.7 Å². The summed E-state index contributed by atoms with van der Waals surface area (Å²) in [5.41, 5.74) is 0.952. The molecule has 0 unspecified atom stereocenters. The molecule has 0 saturated heterocycles. The van der Waals surface area contributed by atoms with Crippen LogP contribution in [0.3, 0.4) is 0 Å². The molecule has 8 nitrogen and oxygen atoms in total. The maximum atomic E-state index is 12.4. The third-order valence-electron chi connectivity index (χ3n) is 3.82. The summed E-state index contributed by atoms with van der Waals surface area (Å²) in [6, 6.07) is 3.41. The number of carbonyl (C=O) groups excluding carboxylic acids is 1. The molecule has 3 heterocycles. The zero-order chi connectivity index (χ0) is 18.0. The van der Waals surface area contributed by atoms with E-state index in [-0.39, 0.29) is 24.4 Å². The van der Waals surface area contributed by atoms with Crippen LogP contribution in [0.5, 0.6) is 0 Å². The van der Waals surface area contributed by atoms with E-state index in [1.54, 1.807) is 13.8 Å². The van der Waals surface area contributed by atoms with Gasteiger partial charge in [0.25, 0.3) is 11.8 Å². The van der Waals surface area contributed by atoms with E-state index in [1.807, 2.05) is 24.4 Å². The largest absolute Gasteiger partial charge is 0.437 e. The van der Waals surface area contributed by atoms with Gasteiger partial charge in [0, 0.05) is 6.04 Å². The Balaban J connectivity index is 1.75. The van der Waals surface area contributed by atoms with E-state index >= 15 is 0 Å². The Morgan fingerprint density at radius 1 is 1.44 bits per heavy atom. The molecule has 0 bridgehead atoms. The Morgan fingerprint density at radius 2 is 2.24 bits per heavy atom. The summed E-state index contributed by atoms with van der Waals surface area (Å²) in [6.45, 7) is 5.54. The van der Waals surface area contributed by atoms with Gasteiger partial charge in [0.15, 0.2) is 0 Å². The minimum absolute atomic E-state index is 0.222. The third-order valence-corrected chi connectivity index (χ3v) is 4.68. The molecule has 0 spiro atoms. The number of carbonyl (C=O) groups is 1. The van der Waals surface area contributed by atoms with Gasteiger partial charge in [0.2, 0.25) is 0 Å². The van der Waals surface area contributed by atoms with Gasteiger partial charge in [-0.3, -0.25) is 4.79 Å². The second-order valence-electron chi connectivity index (χ2n) is 5.61. The van der Waals surface area contributed by atoms with Crippen molar-refractivity contribution >= 4 is 17.2 Å². The first kappa shape index (κ1) is 17.2. The van der Waals surface area contributed by atoms with Crippen molar-refractivity contribution < 1.29 is 13.7 Å². The number of thiophene rings is 1. The lowest BCUT2D eigenvalue weighted by atomic mass is 10.1. The fraction of sp³-hybridized carbons (Fsp3) is 0.375. The number of nitrogens with zero attached hydrogens (tertiary/aromatic N) is 3. The summed E-state index contributed by atoms with van der Waals surface area (Å²) in [6.07, 6.45) is 0.628. The molecule has 9 heteroatoms. The Bertz CT molecular complexity index is 903. The van der Waals surface area contributed by atoms with Gasteiger partial charge in [-0.1, -0.05) is 18.1 Å². The first-order valence-electron chi connectivity index (χ1n) is 7.85. The second-order valence-corrected chi connectivity index (χ2v) is 6.56. The lowest BCUT2D eigenvalue weighted by Gasteiger charge is -2.15. The van der Waals surface area contributed by atoms with Crippen molar-refractivity contribution in [3.63, 3.8) is 0 Å². The third kappa shape index (κ3) is 3.55. The highest BCUT2D eigenvalue weighted by Gasteiger charge is 2.21. The number of nitrogens with one attached hydrogen (secondary N) is 1. The van der Waals surface area contributed by atoms with E-state index in [9.17, 15) is 9.59 Å². The van der Waals surface area contributed by atoms with Gasteiger partial charge in [-0.15, -0.1) is 16.4 Å². The molecule has 1 amide bonds. The van der Waals surface area contributed by atoms with E-state index in [4.69, 9.17) is 8.94 Å². The summed E-state index contributed by atoms with van der Waals surface area (Å²) in [4.78, 5) is 25.2.